The number of benzene rings is 3. The first-order valence-electron chi connectivity index (χ1n) is 14.2. The van der Waals surface area contributed by atoms with Crippen LogP contribution in [0.15, 0.2) is 84.9 Å². The van der Waals surface area contributed by atoms with Crippen molar-refractivity contribution >= 4 is 37.8 Å². The average molecular weight is 582 g/mol. The summed E-state index contributed by atoms with van der Waals surface area (Å²) in [5.74, 6) is 0.944. The molecule has 0 fully saturated rings. The van der Waals surface area contributed by atoms with Gasteiger partial charge in [-0.2, -0.15) is 0 Å². The van der Waals surface area contributed by atoms with E-state index in [1.165, 1.54) is 10.6 Å². The Morgan fingerprint density at radius 2 is 1.18 bits per heavy atom. The molecule has 0 aromatic heterocycles. The number of rotatable bonds is 12. The highest BCUT2D eigenvalue weighted by molar-refractivity contribution is 7.84. The highest BCUT2D eigenvalue weighted by Crippen LogP contribution is 2.46. The average Bonchev–Trinajstić information content (AvgIpc) is 2.89. The lowest BCUT2D eigenvalue weighted by molar-refractivity contribution is 0.469. The van der Waals surface area contributed by atoms with Crippen molar-refractivity contribution in [2.24, 2.45) is 0 Å². The molecule has 212 valence electrons. The minimum absolute atomic E-state index is 0.133. The zero-order chi connectivity index (χ0) is 28.8. The van der Waals surface area contributed by atoms with Crippen LogP contribution in [0.25, 0.3) is 0 Å². The second-order valence-electron chi connectivity index (χ2n) is 12.3. The maximum absolute atomic E-state index is 13.6. The van der Waals surface area contributed by atoms with Gasteiger partial charge >= 0.3 is 0 Å². The maximum atomic E-state index is 13.6. The smallest absolute Gasteiger partial charge is 0.258 e. The van der Waals surface area contributed by atoms with Crippen LogP contribution in [0.4, 0.5) is 0 Å². The summed E-state index contributed by atoms with van der Waals surface area (Å²) in [5, 5.41) is 2.64. The molecule has 39 heavy (non-hydrogen) atoms. The quantitative estimate of drug-likeness (QED) is 0.172. The molecule has 1 N–H and O–H groups in total. The molecule has 0 aliphatic heterocycles. The molecule has 0 heterocycles. The van der Waals surface area contributed by atoms with E-state index in [9.17, 15) is 4.21 Å². The summed E-state index contributed by atoms with van der Waals surface area (Å²) < 4.78 is 24.1. The van der Waals surface area contributed by atoms with Crippen LogP contribution in [0.1, 0.15) is 73.9 Å². The Hall–Kier alpha value is -1.78. The number of hydrogen-bond acceptors (Lipinski definition) is 2. The zero-order valence-electron chi connectivity index (χ0n) is 25.3. The molecule has 0 spiro atoms. The van der Waals surface area contributed by atoms with E-state index < -0.39 is 27.2 Å². The first-order valence-corrected chi connectivity index (χ1v) is 19.0. The molecule has 3 nitrogen and oxygen atoms in total. The van der Waals surface area contributed by atoms with E-state index in [4.69, 9.17) is 4.43 Å². The normalized spacial score (nSPS) is 14.3. The Balaban J connectivity index is 2.15. The van der Waals surface area contributed by atoms with E-state index in [0.29, 0.717) is 16.6 Å². The third-order valence-corrected chi connectivity index (χ3v) is 17.8. The van der Waals surface area contributed by atoms with Crippen molar-refractivity contribution in [3.8, 4) is 5.75 Å². The van der Waals surface area contributed by atoms with Gasteiger partial charge in [-0.15, -0.1) is 0 Å². The van der Waals surface area contributed by atoms with E-state index in [1.54, 1.807) is 0 Å². The van der Waals surface area contributed by atoms with E-state index in [-0.39, 0.29) is 10.8 Å². The summed E-state index contributed by atoms with van der Waals surface area (Å²) in [4.78, 5) is 0. The van der Waals surface area contributed by atoms with Gasteiger partial charge in [0, 0.05) is 5.56 Å². The van der Waals surface area contributed by atoms with Gasteiger partial charge in [0.15, 0.2) is 0 Å². The molecule has 0 aliphatic rings. The monoisotopic (exact) mass is 581 g/mol. The van der Waals surface area contributed by atoms with Crippen molar-refractivity contribution in [2.75, 3.05) is 6.16 Å². The standard InChI is InChI=1S/C33H48NO2PSSi/c1-25(2)39(26(3)4,27(5)6)36-32-23-17-16-22-30(32)31(34-38(35)33(7,8)9)24-37(28-18-12-10-13-19-28)29-20-14-11-15-21-29/h10-23,25-27,31,34H,24H2,1-9H3/t31-,38-/m1/s1. The summed E-state index contributed by atoms with van der Waals surface area (Å²) in [5.41, 5.74) is 2.50. The third-order valence-electron chi connectivity index (χ3n) is 7.59. The van der Waals surface area contributed by atoms with Gasteiger partial charge in [-0.05, 0) is 68.2 Å². The number of hydrogen-bond donors (Lipinski definition) is 1. The molecule has 6 heteroatoms. The van der Waals surface area contributed by atoms with Gasteiger partial charge in [-0.3, -0.25) is 0 Å². The molecule has 3 aromatic carbocycles. The lowest BCUT2D eigenvalue weighted by atomic mass is 10.1. The molecule has 0 saturated heterocycles. The van der Waals surface area contributed by atoms with Gasteiger partial charge < -0.3 is 4.43 Å². The van der Waals surface area contributed by atoms with E-state index in [2.05, 4.69) is 131 Å². The lowest BCUT2D eigenvalue weighted by Gasteiger charge is -2.43. The van der Waals surface area contributed by atoms with Crippen molar-refractivity contribution in [3.63, 3.8) is 0 Å². The van der Waals surface area contributed by atoms with Crippen LogP contribution in [-0.4, -0.2) is 23.4 Å². The second kappa shape index (κ2) is 13.7. The van der Waals surface area contributed by atoms with Gasteiger partial charge in [0.1, 0.15) is 5.75 Å². The summed E-state index contributed by atoms with van der Waals surface area (Å²) in [6.07, 6.45) is 0.825. The predicted octanol–water partition coefficient (Wildman–Crippen LogP) is 8.47. The van der Waals surface area contributed by atoms with Gasteiger partial charge in [0.05, 0.1) is 21.8 Å². The van der Waals surface area contributed by atoms with Gasteiger partial charge in [0.25, 0.3) is 8.32 Å². The zero-order valence-corrected chi connectivity index (χ0v) is 28.0. The molecule has 0 aliphatic carbocycles. The molecule has 0 amide bonds. The van der Waals surface area contributed by atoms with Crippen LogP contribution in [0.5, 0.6) is 5.75 Å². The van der Waals surface area contributed by atoms with Crippen molar-refractivity contribution in [3.05, 3.63) is 90.5 Å². The Morgan fingerprint density at radius 3 is 1.62 bits per heavy atom. The molecular weight excluding hydrogens is 533 g/mol. The van der Waals surface area contributed by atoms with Crippen LogP contribution in [0.2, 0.25) is 16.6 Å². The molecule has 0 unspecified atom stereocenters. The minimum Gasteiger partial charge on any atom is -0.542 e. The fraction of sp³-hybridized carbons (Fsp3) is 0.455. The van der Waals surface area contributed by atoms with E-state index in [1.807, 2.05) is 20.8 Å². The molecule has 0 saturated carbocycles. The van der Waals surface area contributed by atoms with Crippen LogP contribution < -0.4 is 19.8 Å². The van der Waals surface area contributed by atoms with Crippen LogP contribution >= 0.6 is 7.92 Å². The third kappa shape index (κ3) is 7.70. The summed E-state index contributed by atoms with van der Waals surface area (Å²) in [6, 6.07) is 29.9. The molecular formula is C33H48NO2PSSi. The second-order valence-corrected chi connectivity index (χ2v) is 21.9. The number of para-hydroxylation sites is 1. The molecule has 0 bridgehead atoms. The van der Waals surface area contributed by atoms with Crippen LogP contribution in [0.3, 0.4) is 0 Å². The van der Waals surface area contributed by atoms with Crippen molar-refractivity contribution < 1.29 is 8.63 Å². The summed E-state index contributed by atoms with van der Waals surface area (Å²) in [6.45, 7) is 20.0. The predicted molar refractivity (Wildman–Crippen MR) is 176 cm³/mol. The van der Waals surface area contributed by atoms with E-state index in [0.717, 1.165) is 17.5 Å². The summed E-state index contributed by atoms with van der Waals surface area (Å²) >= 11 is 0. The van der Waals surface area contributed by atoms with Crippen LogP contribution in [-0.2, 0) is 11.0 Å². The van der Waals surface area contributed by atoms with Gasteiger partial charge in [-0.1, -0.05) is 120 Å². The first kappa shape index (κ1) is 31.7. The maximum Gasteiger partial charge on any atom is 0.258 e. The Bertz CT molecular complexity index is 1130. The minimum atomic E-state index is -2.19. The first-order chi connectivity index (χ1) is 18.4. The Kier molecular flexibility index (Phi) is 11.2. The highest BCUT2D eigenvalue weighted by atomic mass is 32.2. The Labute approximate surface area is 242 Å². The molecule has 3 aromatic rings. The number of nitrogens with one attached hydrogen (secondary N) is 1. The molecule has 2 atom stereocenters. The van der Waals surface area contributed by atoms with Crippen LogP contribution in [0, 0.1) is 0 Å². The van der Waals surface area contributed by atoms with Gasteiger partial charge in [-0.25, -0.2) is 8.93 Å². The van der Waals surface area contributed by atoms with E-state index >= 15 is 0 Å². The molecule has 3 rings (SSSR count). The van der Waals surface area contributed by atoms with Crippen molar-refractivity contribution in [2.45, 2.75) is 89.7 Å². The Morgan fingerprint density at radius 1 is 0.744 bits per heavy atom. The highest BCUT2D eigenvalue weighted by Gasteiger charge is 2.47. The van der Waals surface area contributed by atoms with Crippen molar-refractivity contribution in [1.29, 1.82) is 0 Å². The fourth-order valence-corrected chi connectivity index (χ4v) is 14.3. The van der Waals surface area contributed by atoms with Gasteiger partial charge in [0.2, 0.25) is 0 Å². The largest absolute Gasteiger partial charge is 0.542 e. The van der Waals surface area contributed by atoms with Crippen molar-refractivity contribution in [1.82, 2.24) is 4.72 Å². The molecule has 0 radical (unpaired) electrons. The SMILES string of the molecule is CC(C)[Si](Oc1ccccc1[C@@H](CP(c1ccccc1)c1ccccc1)N[S@](=O)C(C)(C)C)(C(C)C)C(C)C. The fourth-order valence-electron chi connectivity index (χ4n) is 5.67. The lowest BCUT2D eigenvalue weighted by Crippen LogP contribution is -2.51. The summed E-state index contributed by atoms with van der Waals surface area (Å²) in [7, 11) is -4.13. The topological polar surface area (TPSA) is 38.3 Å².